The molecule has 0 radical (unpaired) electrons. The SMILES string of the molecule is O[13CH2][13C@H]1O[13C@H](O[13C@H]2[13C@H](O)[13C@@H](O)[13C@@H](O)O[13C@@H]2[13CH2]O)[13C@H](O)[13C@@H](O)[13C@@H]1O. The summed E-state index contributed by atoms with van der Waals surface area (Å²) in [5.74, 6) is 0. The number of hydrogen-bond acceptors (Lipinski definition) is 11. The van der Waals surface area contributed by atoms with Crippen molar-refractivity contribution in [1.82, 2.24) is 0 Å². The van der Waals surface area contributed by atoms with Crippen LogP contribution in [0, 0.1) is 0 Å². The average Bonchev–Trinajstić information content (AvgIpc) is 2.55. The van der Waals surface area contributed by atoms with Crippen molar-refractivity contribution >= 4 is 0 Å². The Balaban J connectivity index is 2.11. The monoisotopic (exact) mass is 354 g/mol. The number of ether oxygens (including phenoxy) is 3. The van der Waals surface area contributed by atoms with Gasteiger partial charge in [-0.3, -0.25) is 0 Å². The first-order chi connectivity index (χ1) is 10.8. The van der Waals surface area contributed by atoms with E-state index in [0.29, 0.717) is 0 Å². The van der Waals surface area contributed by atoms with Crippen molar-refractivity contribution in [2.24, 2.45) is 0 Å². The van der Waals surface area contributed by atoms with Crippen molar-refractivity contribution in [2.45, 2.75) is 61.4 Å². The van der Waals surface area contributed by atoms with Crippen LogP contribution in [0.3, 0.4) is 0 Å². The van der Waals surface area contributed by atoms with Crippen LogP contribution in [-0.4, -0.2) is 115 Å². The third-order valence-electron chi connectivity index (χ3n) is 3.98. The van der Waals surface area contributed by atoms with Crippen molar-refractivity contribution < 1.29 is 55.1 Å². The fourth-order valence-corrected chi connectivity index (χ4v) is 2.57. The van der Waals surface area contributed by atoms with Crippen LogP contribution in [0.5, 0.6) is 0 Å². The van der Waals surface area contributed by atoms with E-state index in [1.165, 1.54) is 0 Å². The van der Waals surface area contributed by atoms with Crippen LogP contribution in [0.25, 0.3) is 0 Å². The van der Waals surface area contributed by atoms with E-state index in [1.54, 1.807) is 0 Å². The summed E-state index contributed by atoms with van der Waals surface area (Å²) in [6.45, 7) is -1.35. The Hall–Kier alpha value is -0.440. The zero-order chi connectivity index (χ0) is 17.3. The van der Waals surface area contributed by atoms with E-state index in [9.17, 15) is 35.7 Å². The number of hydrogen-bond donors (Lipinski definition) is 8. The molecule has 0 unspecified atom stereocenters. The number of rotatable bonds is 4. The molecule has 2 fully saturated rings. The normalized spacial score (nSPS) is 51.7. The summed E-state index contributed by atoms with van der Waals surface area (Å²) in [5, 5.41) is 76.5. The van der Waals surface area contributed by atoms with Gasteiger partial charge in [0.15, 0.2) is 12.6 Å². The van der Waals surface area contributed by atoms with Gasteiger partial charge < -0.3 is 55.1 Å². The molecule has 0 aliphatic carbocycles. The zero-order valence-electron chi connectivity index (χ0n) is 12.0. The molecule has 10 atom stereocenters. The molecule has 2 heterocycles. The first-order valence-electron chi connectivity index (χ1n) is 7.08. The molecular weight excluding hydrogens is 332 g/mol. The Labute approximate surface area is 130 Å². The van der Waals surface area contributed by atoms with Crippen LogP contribution in [0.15, 0.2) is 0 Å². The van der Waals surface area contributed by atoms with Crippen molar-refractivity contribution in [2.75, 3.05) is 13.2 Å². The van der Waals surface area contributed by atoms with Gasteiger partial charge in [-0.1, -0.05) is 0 Å². The van der Waals surface area contributed by atoms with Gasteiger partial charge in [0.2, 0.25) is 0 Å². The smallest absolute Gasteiger partial charge is 0.187 e. The quantitative estimate of drug-likeness (QED) is 0.225. The molecule has 0 amide bonds. The van der Waals surface area contributed by atoms with E-state index in [2.05, 4.69) is 0 Å². The van der Waals surface area contributed by atoms with Gasteiger partial charge in [0.25, 0.3) is 0 Å². The maximum absolute atomic E-state index is 9.94. The Kier molecular flexibility index (Phi) is 6.27. The number of aliphatic hydroxyl groups is 8. The van der Waals surface area contributed by atoms with E-state index in [1.807, 2.05) is 0 Å². The molecule has 2 aliphatic heterocycles. The minimum absolute atomic E-state index is 0.667. The first-order valence-corrected chi connectivity index (χ1v) is 7.08. The largest absolute Gasteiger partial charge is 0.394 e. The number of aliphatic hydroxyl groups excluding tert-OH is 8. The van der Waals surface area contributed by atoms with E-state index in [0.717, 1.165) is 0 Å². The predicted molar refractivity (Wildman–Crippen MR) is 68.6 cm³/mol. The van der Waals surface area contributed by atoms with E-state index < -0.39 is 74.6 Å². The first kappa shape index (κ1) is 18.9. The molecule has 23 heavy (non-hydrogen) atoms. The van der Waals surface area contributed by atoms with E-state index in [-0.39, 0.29) is 0 Å². The van der Waals surface area contributed by atoms with Gasteiger partial charge in [-0.25, -0.2) is 0 Å². The average molecular weight is 354 g/mol. The summed E-state index contributed by atoms with van der Waals surface area (Å²) in [7, 11) is 0. The molecule has 2 saturated heterocycles. The second-order valence-electron chi connectivity index (χ2n) is 5.53. The van der Waals surface area contributed by atoms with E-state index >= 15 is 0 Å². The van der Waals surface area contributed by atoms with Crippen LogP contribution >= 0.6 is 0 Å². The molecule has 0 saturated carbocycles. The third kappa shape index (κ3) is 3.65. The fraction of sp³-hybridized carbons (Fsp3) is 1.00. The highest BCUT2D eigenvalue weighted by atomic mass is 16.9. The highest BCUT2D eigenvalue weighted by Gasteiger charge is 2.50. The van der Waals surface area contributed by atoms with Crippen LogP contribution in [0.4, 0.5) is 0 Å². The molecule has 2 aliphatic rings. The lowest BCUT2D eigenvalue weighted by Gasteiger charge is -2.45. The van der Waals surface area contributed by atoms with Crippen molar-refractivity contribution in [1.29, 1.82) is 0 Å². The van der Waals surface area contributed by atoms with Crippen LogP contribution in [0.1, 0.15) is 0 Å². The summed E-state index contributed by atoms with van der Waals surface area (Å²) in [6, 6.07) is 0. The van der Waals surface area contributed by atoms with Gasteiger partial charge in [-0.2, -0.15) is 0 Å². The summed E-state index contributed by atoms with van der Waals surface area (Å²) < 4.78 is 15.3. The Morgan fingerprint density at radius 1 is 0.652 bits per heavy atom. The van der Waals surface area contributed by atoms with Gasteiger partial charge in [-0.05, 0) is 0 Å². The molecule has 8 N–H and O–H groups in total. The minimum atomic E-state index is -1.74. The molecule has 0 aromatic carbocycles. The Bertz CT molecular complexity index is 378. The fourth-order valence-electron chi connectivity index (χ4n) is 2.57. The molecule has 0 spiro atoms. The summed E-state index contributed by atoms with van der Waals surface area (Å²) in [5.41, 5.74) is 0. The second kappa shape index (κ2) is 7.63. The van der Waals surface area contributed by atoms with Crippen molar-refractivity contribution in [3.05, 3.63) is 0 Å². The van der Waals surface area contributed by atoms with Gasteiger partial charge in [-0.15, -0.1) is 0 Å². The molecular formula is C12H22O11. The minimum Gasteiger partial charge on any atom is -0.394 e. The maximum atomic E-state index is 9.94. The lowest BCUT2D eigenvalue weighted by Crippen LogP contribution is -2.64. The molecule has 2 rings (SSSR count). The van der Waals surface area contributed by atoms with E-state index in [4.69, 9.17) is 19.3 Å². The molecule has 136 valence electrons. The molecule has 0 aromatic heterocycles. The molecule has 11 heteroatoms. The highest BCUT2D eigenvalue weighted by molar-refractivity contribution is 4.93. The van der Waals surface area contributed by atoms with Gasteiger partial charge in [0.1, 0.15) is 48.8 Å². The summed E-state index contributed by atoms with van der Waals surface area (Å²) in [6.07, 6.45) is -15.6. The van der Waals surface area contributed by atoms with Crippen LogP contribution in [0.2, 0.25) is 0 Å². The molecule has 0 aromatic rings. The summed E-state index contributed by atoms with van der Waals surface area (Å²) >= 11 is 0. The predicted octanol–water partition coefficient (Wildman–Crippen LogP) is -5.40. The standard InChI is InChI=1S/C12H22O11/c13-1-3-5(15)6(16)9(19)12(22-3)23-10-4(2-14)21-11(20)8(18)7(10)17/h3-20H,1-2H2/t3-,4-,5-,6+,7-,8-,9-,10-,11+,12-/m1/s1/i1+1,2+1,3+1,4+1,5+1,6+1,7+1,8+1,9+1,10+1,11+1,12+1. The Morgan fingerprint density at radius 3 is 1.83 bits per heavy atom. The lowest BCUT2D eigenvalue weighted by molar-refractivity contribution is -0.355. The Morgan fingerprint density at radius 2 is 1.26 bits per heavy atom. The summed E-state index contributed by atoms with van der Waals surface area (Å²) in [4.78, 5) is 0. The second-order valence-corrected chi connectivity index (χ2v) is 5.53. The van der Waals surface area contributed by atoms with Crippen LogP contribution in [-0.2, 0) is 14.2 Å². The van der Waals surface area contributed by atoms with Crippen molar-refractivity contribution in [3.63, 3.8) is 0 Å². The van der Waals surface area contributed by atoms with Crippen molar-refractivity contribution in [3.8, 4) is 0 Å². The highest BCUT2D eigenvalue weighted by Crippen LogP contribution is 2.28. The van der Waals surface area contributed by atoms with Gasteiger partial charge in [0.05, 0.1) is 13.2 Å². The maximum Gasteiger partial charge on any atom is 0.187 e. The van der Waals surface area contributed by atoms with Crippen LogP contribution < -0.4 is 0 Å². The topological polar surface area (TPSA) is 190 Å². The molecule has 11 nitrogen and oxygen atoms in total. The third-order valence-corrected chi connectivity index (χ3v) is 3.98. The molecule has 0 bridgehead atoms. The lowest BCUT2D eigenvalue weighted by atomic mass is 10.9. The van der Waals surface area contributed by atoms with Gasteiger partial charge in [0, 0.05) is 0 Å². The van der Waals surface area contributed by atoms with Gasteiger partial charge >= 0.3 is 0 Å². The zero-order valence-corrected chi connectivity index (χ0v) is 12.0.